The number of thiophene rings is 1. The number of rotatable bonds is 5. The SMILES string of the molecule is COc1ccc(C)cc1[C@@H](C)NC(=O)/C=C/c1ccc(C)s1. The molecule has 22 heavy (non-hydrogen) atoms. The Kier molecular flexibility index (Phi) is 5.39. The number of hydrogen-bond donors (Lipinski definition) is 1. The van der Waals surface area contributed by atoms with Crippen molar-refractivity contribution in [3.05, 3.63) is 57.3 Å². The predicted octanol–water partition coefficient (Wildman–Crippen LogP) is 4.26. The Morgan fingerprint density at radius 2 is 2.05 bits per heavy atom. The van der Waals surface area contributed by atoms with Gasteiger partial charge in [-0.1, -0.05) is 17.7 Å². The fraction of sp³-hybridized carbons (Fsp3) is 0.278. The third kappa shape index (κ3) is 4.21. The van der Waals surface area contributed by atoms with Crippen molar-refractivity contribution in [2.45, 2.75) is 26.8 Å². The van der Waals surface area contributed by atoms with E-state index < -0.39 is 0 Å². The van der Waals surface area contributed by atoms with Crippen molar-refractivity contribution in [1.29, 1.82) is 0 Å². The fourth-order valence-electron chi connectivity index (χ4n) is 2.23. The van der Waals surface area contributed by atoms with Crippen molar-refractivity contribution >= 4 is 23.3 Å². The van der Waals surface area contributed by atoms with Crippen LogP contribution in [0.2, 0.25) is 0 Å². The summed E-state index contributed by atoms with van der Waals surface area (Å²) < 4.78 is 5.37. The second-order valence-electron chi connectivity index (χ2n) is 5.26. The largest absolute Gasteiger partial charge is 0.496 e. The highest BCUT2D eigenvalue weighted by Crippen LogP contribution is 2.26. The summed E-state index contributed by atoms with van der Waals surface area (Å²) in [6.45, 7) is 6.03. The van der Waals surface area contributed by atoms with E-state index >= 15 is 0 Å². The Balaban J connectivity index is 2.05. The molecule has 0 saturated carbocycles. The minimum atomic E-state index is -0.114. The molecule has 1 aromatic carbocycles. The van der Waals surface area contributed by atoms with Crippen LogP contribution in [-0.4, -0.2) is 13.0 Å². The topological polar surface area (TPSA) is 38.3 Å². The van der Waals surface area contributed by atoms with Gasteiger partial charge < -0.3 is 10.1 Å². The maximum Gasteiger partial charge on any atom is 0.244 e. The molecule has 4 heteroatoms. The van der Waals surface area contributed by atoms with Crippen molar-refractivity contribution in [1.82, 2.24) is 5.32 Å². The van der Waals surface area contributed by atoms with Crippen LogP contribution in [0, 0.1) is 13.8 Å². The monoisotopic (exact) mass is 315 g/mol. The normalized spacial score (nSPS) is 12.4. The van der Waals surface area contributed by atoms with Crippen LogP contribution >= 0.6 is 11.3 Å². The van der Waals surface area contributed by atoms with E-state index in [-0.39, 0.29) is 11.9 Å². The number of ether oxygens (including phenoxy) is 1. The van der Waals surface area contributed by atoms with Crippen LogP contribution in [-0.2, 0) is 4.79 Å². The van der Waals surface area contributed by atoms with E-state index in [0.29, 0.717) is 0 Å². The molecule has 0 aliphatic carbocycles. The predicted molar refractivity (Wildman–Crippen MR) is 92.4 cm³/mol. The van der Waals surface area contributed by atoms with Gasteiger partial charge in [0.1, 0.15) is 5.75 Å². The lowest BCUT2D eigenvalue weighted by atomic mass is 10.0. The van der Waals surface area contributed by atoms with Crippen LogP contribution in [0.3, 0.4) is 0 Å². The lowest BCUT2D eigenvalue weighted by Gasteiger charge is -2.17. The molecule has 2 rings (SSSR count). The number of nitrogens with one attached hydrogen (secondary N) is 1. The zero-order valence-electron chi connectivity index (χ0n) is 13.3. The Bertz CT molecular complexity index is 688. The number of hydrogen-bond acceptors (Lipinski definition) is 3. The quantitative estimate of drug-likeness (QED) is 0.837. The van der Waals surface area contributed by atoms with Gasteiger partial charge in [0, 0.05) is 21.4 Å². The molecular weight excluding hydrogens is 294 g/mol. The Morgan fingerprint density at radius 1 is 1.27 bits per heavy atom. The molecule has 0 saturated heterocycles. The second-order valence-corrected chi connectivity index (χ2v) is 6.58. The first kappa shape index (κ1) is 16.3. The third-order valence-corrected chi connectivity index (χ3v) is 4.34. The van der Waals surface area contributed by atoms with Crippen molar-refractivity contribution in [2.75, 3.05) is 7.11 Å². The highest BCUT2D eigenvalue weighted by atomic mass is 32.1. The summed E-state index contributed by atoms with van der Waals surface area (Å²) in [5.41, 5.74) is 2.12. The molecule has 1 aromatic heterocycles. The van der Waals surface area contributed by atoms with Crippen LogP contribution in [0.1, 0.15) is 33.8 Å². The summed E-state index contributed by atoms with van der Waals surface area (Å²) in [5, 5.41) is 2.97. The molecular formula is C18H21NO2S. The standard InChI is InChI=1S/C18H21NO2S/c1-12-5-9-17(21-4)16(11-12)14(3)19-18(20)10-8-15-7-6-13(2)22-15/h5-11,14H,1-4H3,(H,19,20)/b10-8+/t14-/m1/s1. The summed E-state index contributed by atoms with van der Waals surface area (Å²) in [4.78, 5) is 14.4. The van der Waals surface area contributed by atoms with Gasteiger partial charge in [0.2, 0.25) is 5.91 Å². The average Bonchev–Trinajstić information content (AvgIpc) is 2.90. The van der Waals surface area contributed by atoms with Gasteiger partial charge in [-0.3, -0.25) is 4.79 Å². The van der Waals surface area contributed by atoms with Crippen molar-refractivity contribution in [3.8, 4) is 5.75 Å². The molecule has 3 nitrogen and oxygen atoms in total. The van der Waals surface area contributed by atoms with E-state index in [9.17, 15) is 4.79 Å². The zero-order valence-corrected chi connectivity index (χ0v) is 14.2. The molecule has 0 radical (unpaired) electrons. The molecule has 0 unspecified atom stereocenters. The van der Waals surface area contributed by atoms with Gasteiger partial charge in [0.25, 0.3) is 0 Å². The Morgan fingerprint density at radius 3 is 2.68 bits per heavy atom. The Labute approximate surface area is 135 Å². The number of aryl methyl sites for hydroxylation is 2. The van der Waals surface area contributed by atoms with Crippen LogP contribution in [0.4, 0.5) is 0 Å². The molecule has 0 aliphatic heterocycles. The maximum absolute atomic E-state index is 12.1. The van der Waals surface area contributed by atoms with E-state index in [2.05, 4.69) is 5.32 Å². The minimum absolute atomic E-state index is 0.109. The minimum Gasteiger partial charge on any atom is -0.496 e. The van der Waals surface area contributed by atoms with E-state index in [1.165, 1.54) is 4.88 Å². The van der Waals surface area contributed by atoms with E-state index in [0.717, 1.165) is 21.8 Å². The van der Waals surface area contributed by atoms with Crippen LogP contribution < -0.4 is 10.1 Å². The highest BCUT2D eigenvalue weighted by Gasteiger charge is 2.13. The number of benzene rings is 1. The third-order valence-electron chi connectivity index (χ3n) is 3.37. The first-order valence-corrected chi connectivity index (χ1v) is 8.01. The van der Waals surface area contributed by atoms with Crippen LogP contribution in [0.15, 0.2) is 36.4 Å². The van der Waals surface area contributed by atoms with Gasteiger partial charge in [0.15, 0.2) is 0 Å². The lowest BCUT2D eigenvalue weighted by molar-refractivity contribution is -0.117. The number of amides is 1. The smallest absolute Gasteiger partial charge is 0.244 e. The zero-order chi connectivity index (χ0) is 16.1. The maximum atomic E-state index is 12.1. The molecule has 1 amide bonds. The summed E-state index contributed by atoms with van der Waals surface area (Å²) in [6, 6.07) is 9.90. The molecule has 1 N–H and O–H groups in total. The first-order valence-electron chi connectivity index (χ1n) is 7.19. The van der Waals surface area contributed by atoms with Gasteiger partial charge in [-0.25, -0.2) is 0 Å². The number of carbonyl (C=O) groups excluding carboxylic acids is 1. The molecule has 2 aromatic rings. The average molecular weight is 315 g/mol. The van der Waals surface area contributed by atoms with Crippen molar-refractivity contribution < 1.29 is 9.53 Å². The molecule has 1 atom stereocenters. The molecule has 116 valence electrons. The van der Waals surface area contributed by atoms with Gasteiger partial charge in [0.05, 0.1) is 13.2 Å². The van der Waals surface area contributed by atoms with Crippen LogP contribution in [0.25, 0.3) is 6.08 Å². The Hall–Kier alpha value is -2.07. The van der Waals surface area contributed by atoms with E-state index in [1.54, 1.807) is 24.5 Å². The van der Waals surface area contributed by atoms with Gasteiger partial charge in [-0.05, 0) is 45.0 Å². The summed E-state index contributed by atoms with van der Waals surface area (Å²) in [6.07, 6.45) is 3.41. The molecule has 0 fully saturated rings. The van der Waals surface area contributed by atoms with E-state index in [1.807, 2.05) is 57.2 Å². The fourth-order valence-corrected chi connectivity index (χ4v) is 3.01. The molecule has 0 bridgehead atoms. The lowest BCUT2D eigenvalue weighted by Crippen LogP contribution is -2.25. The molecule has 1 heterocycles. The number of carbonyl (C=O) groups is 1. The summed E-state index contributed by atoms with van der Waals surface area (Å²) >= 11 is 1.67. The van der Waals surface area contributed by atoms with Gasteiger partial charge >= 0.3 is 0 Å². The summed E-state index contributed by atoms with van der Waals surface area (Å²) in [7, 11) is 1.64. The van der Waals surface area contributed by atoms with E-state index in [4.69, 9.17) is 4.74 Å². The number of methoxy groups -OCH3 is 1. The van der Waals surface area contributed by atoms with Crippen LogP contribution in [0.5, 0.6) is 5.75 Å². The van der Waals surface area contributed by atoms with Gasteiger partial charge in [-0.2, -0.15) is 0 Å². The molecule has 0 aliphatic rings. The van der Waals surface area contributed by atoms with Crippen molar-refractivity contribution in [2.24, 2.45) is 0 Å². The molecule has 0 spiro atoms. The van der Waals surface area contributed by atoms with Gasteiger partial charge in [-0.15, -0.1) is 11.3 Å². The highest BCUT2D eigenvalue weighted by molar-refractivity contribution is 7.12. The first-order chi connectivity index (χ1) is 10.5. The second kappa shape index (κ2) is 7.27. The summed E-state index contributed by atoms with van der Waals surface area (Å²) in [5.74, 6) is 0.679. The van der Waals surface area contributed by atoms with Crippen molar-refractivity contribution in [3.63, 3.8) is 0 Å².